The van der Waals surface area contributed by atoms with Gasteiger partial charge in [0.2, 0.25) is 5.95 Å². The van der Waals surface area contributed by atoms with Crippen LogP contribution in [0.15, 0.2) is 55.1 Å². The summed E-state index contributed by atoms with van der Waals surface area (Å²) in [7, 11) is 1.57. The quantitative estimate of drug-likeness (QED) is 0.597. The van der Waals surface area contributed by atoms with Crippen LogP contribution in [0.4, 0.5) is 5.95 Å². The fraction of sp³-hybridized carbons (Fsp3) is 0.0556. The molecule has 0 aliphatic rings. The number of amides is 1. The second-order valence-corrected chi connectivity index (χ2v) is 5.55. The molecule has 0 bridgehead atoms. The van der Waals surface area contributed by atoms with Gasteiger partial charge >= 0.3 is 0 Å². The van der Waals surface area contributed by atoms with Gasteiger partial charge in [-0.25, -0.2) is 4.98 Å². The monoisotopic (exact) mass is 359 g/mol. The molecule has 1 aromatic carbocycles. The lowest BCUT2D eigenvalue weighted by atomic mass is 10.2. The van der Waals surface area contributed by atoms with Gasteiger partial charge in [0, 0.05) is 12.3 Å². The normalized spacial score (nSPS) is 10.5. The highest BCUT2D eigenvalue weighted by molar-refractivity contribution is 6.02. The summed E-state index contributed by atoms with van der Waals surface area (Å²) in [5.74, 6) is 0.532. The number of benzene rings is 1. The van der Waals surface area contributed by atoms with Gasteiger partial charge in [0.25, 0.3) is 5.91 Å². The SMILES string of the molecule is COc1ccn2c(C(=O)Nc3ncnn3-c3ccc(C#N)cc3)cnc2c1. The Morgan fingerprint density at radius 3 is 2.78 bits per heavy atom. The Morgan fingerprint density at radius 1 is 1.22 bits per heavy atom. The van der Waals surface area contributed by atoms with Crippen LogP contribution in [-0.4, -0.2) is 37.2 Å². The molecule has 0 spiro atoms. The van der Waals surface area contributed by atoms with E-state index in [1.165, 1.54) is 17.2 Å². The molecule has 132 valence electrons. The standard InChI is InChI=1S/C18H13N7O2/c1-27-14-6-7-24-15(10-20-16(24)8-14)17(26)23-18-21-11-22-25(18)13-4-2-12(9-19)3-5-13/h2-8,10-11H,1H3,(H,21,22,23,26). The highest BCUT2D eigenvalue weighted by Crippen LogP contribution is 2.17. The number of aromatic nitrogens is 5. The Kier molecular flexibility index (Phi) is 3.99. The smallest absolute Gasteiger partial charge is 0.276 e. The topological polar surface area (TPSA) is 110 Å². The molecule has 1 N–H and O–H groups in total. The summed E-state index contributed by atoms with van der Waals surface area (Å²) < 4.78 is 8.29. The van der Waals surface area contributed by atoms with E-state index in [1.54, 1.807) is 54.1 Å². The van der Waals surface area contributed by atoms with Crippen molar-refractivity contribution in [1.82, 2.24) is 24.1 Å². The number of hydrogen-bond acceptors (Lipinski definition) is 6. The van der Waals surface area contributed by atoms with E-state index in [2.05, 4.69) is 26.5 Å². The molecule has 9 nitrogen and oxygen atoms in total. The summed E-state index contributed by atoms with van der Waals surface area (Å²) in [4.78, 5) is 21.0. The van der Waals surface area contributed by atoms with E-state index in [4.69, 9.17) is 10.00 Å². The first-order chi connectivity index (χ1) is 13.2. The third-order valence-electron chi connectivity index (χ3n) is 3.97. The summed E-state index contributed by atoms with van der Waals surface area (Å²) in [6.07, 6.45) is 4.53. The average Bonchev–Trinajstić information content (AvgIpc) is 3.34. The first kappa shape index (κ1) is 16.3. The number of pyridine rings is 1. The first-order valence-electron chi connectivity index (χ1n) is 7.92. The predicted octanol–water partition coefficient (Wildman–Crippen LogP) is 2.05. The average molecular weight is 359 g/mol. The second kappa shape index (κ2) is 6.61. The molecule has 0 atom stereocenters. The molecule has 0 radical (unpaired) electrons. The van der Waals surface area contributed by atoms with Gasteiger partial charge in [-0.1, -0.05) is 0 Å². The molecule has 0 unspecified atom stereocenters. The van der Waals surface area contributed by atoms with Crippen LogP contribution in [0.1, 0.15) is 16.1 Å². The van der Waals surface area contributed by atoms with Gasteiger partial charge in [0.15, 0.2) is 0 Å². The minimum Gasteiger partial charge on any atom is -0.497 e. The number of rotatable bonds is 4. The molecule has 4 rings (SSSR count). The third kappa shape index (κ3) is 2.96. The maximum Gasteiger partial charge on any atom is 0.276 e. The number of fused-ring (bicyclic) bond motifs is 1. The summed E-state index contributed by atoms with van der Waals surface area (Å²) in [5, 5.41) is 15.8. The molecule has 27 heavy (non-hydrogen) atoms. The second-order valence-electron chi connectivity index (χ2n) is 5.55. The number of hydrogen-bond donors (Lipinski definition) is 1. The number of anilines is 1. The lowest BCUT2D eigenvalue weighted by Crippen LogP contribution is -2.17. The Morgan fingerprint density at radius 2 is 2.04 bits per heavy atom. The van der Waals surface area contributed by atoms with Crippen LogP contribution >= 0.6 is 0 Å². The largest absolute Gasteiger partial charge is 0.497 e. The summed E-state index contributed by atoms with van der Waals surface area (Å²) in [6.45, 7) is 0. The molecule has 3 heterocycles. The Balaban J connectivity index is 1.63. The van der Waals surface area contributed by atoms with Gasteiger partial charge < -0.3 is 4.74 Å². The molecule has 0 aliphatic carbocycles. The lowest BCUT2D eigenvalue weighted by molar-refractivity contribution is 0.102. The highest BCUT2D eigenvalue weighted by Gasteiger charge is 2.16. The van der Waals surface area contributed by atoms with Gasteiger partial charge in [-0.3, -0.25) is 14.5 Å². The minimum absolute atomic E-state index is 0.258. The molecule has 0 aliphatic heterocycles. The van der Waals surface area contributed by atoms with Crippen LogP contribution < -0.4 is 10.1 Å². The molecule has 3 aromatic heterocycles. The van der Waals surface area contributed by atoms with Crippen molar-refractivity contribution in [2.45, 2.75) is 0 Å². The number of nitrogens with zero attached hydrogens (tertiary/aromatic N) is 6. The Hall–Kier alpha value is -4.19. The van der Waals surface area contributed by atoms with Gasteiger partial charge in [-0.2, -0.15) is 20.0 Å². The van der Waals surface area contributed by atoms with E-state index in [0.29, 0.717) is 28.3 Å². The predicted molar refractivity (Wildman–Crippen MR) is 95.8 cm³/mol. The van der Waals surface area contributed by atoms with Crippen LogP contribution in [0.3, 0.4) is 0 Å². The molecule has 0 fully saturated rings. The fourth-order valence-corrected chi connectivity index (χ4v) is 2.62. The number of imidazole rings is 1. The number of methoxy groups -OCH3 is 1. The van der Waals surface area contributed by atoms with E-state index >= 15 is 0 Å². The molecular weight excluding hydrogens is 346 g/mol. The number of ether oxygens (including phenoxy) is 1. The van der Waals surface area contributed by atoms with Crippen molar-refractivity contribution in [3.63, 3.8) is 0 Å². The van der Waals surface area contributed by atoms with Crippen molar-refractivity contribution in [2.75, 3.05) is 12.4 Å². The van der Waals surface area contributed by atoms with Crippen molar-refractivity contribution in [1.29, 1.82) is 5.26 Å². The van der Waals surface area contributed by atoms with Crippen molar-refractivity contribution in [3.05, 3.63) is 66.4 Å². The number of carbonyl (C=O) groups is 1. The third-order valence-corrected chi connectivity index (χ3v) is 3.97. The lowest BCUT2D eigenvalue weighted by Gasteiger charge is -2.07. The van der Waals surface area contributed by atoms with Crippen LogP contribution in [0.5, 0.6) is 5.75 Å². The maximum absolute atomic E-state index is 12.7. The molecule has 0 saturated carbocycles. The van der Waals surface area contributed by atoms with Crippen LogP contribution in [0.25, 0.3) is 11.3 Å². The van der Waals surface area contributed by atoms with Gasteiger partial charge in [0.05, 0.1) is 30.6 Å². The highest BCUT2D eigenvalue weighted by atomic mass is 16.5. The Bertz CT molecular complexity index is 1170. The van der Waals surface area contributed by atoms with Crippen molar-refractivity contribution >= 4 is 17.5 Å². The van der Waals surface area contributed by atoms with E-state index in [-0.39, 0.29) is 11.9 Å². The van der Waals surface area contributed by atoms with E-state index in [9.17, 15) is 4.79 Å². The van der Waals surface area contributed by atoms with E-state index < -0.39 is 0 Å². The van der Waals surface area contributed by atoms with Gasteiger partial charge in [-0.15, -0.1) is 0 Å². The Labute approximate surface area is 153 Å². The van der Waals surface area contributed by atoms with Crippen molar-refractivity contribution < 1.29 is 9.53 Å². The zero-order valence-corrected chi connectivity index (χ0v) is 14.2. The number of nitrogens with one attached hydrogen (secondary N) is 1. The van der Waals surface area contributed by atoms with Crippen LogP contribution in [0, 0.1) is 11.3 Å². The zero-order valence-electron chi connectivity index (χ0n) is 14.2. The van der Waals surface area contributed by atoms with E-state index in [0.717, 1.165) is 0 Å². The first-order valence-corrected chi connectivity index (χ1v) is 7.92. The van der Waals surface area contributed by atoms with Crippen LogP contribution in [0.2, 0.25) is 0 Å². The van der Waals surface area contributed by atoms with Gasteiger partial charge in [-0.05, 0) is 30.3 Å². The van der Waals surface area contributed by atoms with Gasteiger partial charge in [0.1, 0.15) is 23.4 Å². The minimum atomic E-state index is -0.379. The van der Waals surface area contributed by atoms with Crippen molar-refractivity contribution in [2.24, 2.45) is 0 Å². The summed E-state index contributed by atoms with van der Waals surface area (Å²) >= 11 is 0. The zero-order chi connectivity index (χ0) is 18.8. The molecular formula is C18H13N7O2. The molecule has 9 heteroatoms. The summed E-state index contributed by atoms with van der Waals surface area (Å²) in [5.41, 5.74) is 2.14. The molecule has 0 saturated heterocycles. The summed E-state index contributed by atoms with van der Waals surface area (Å²) in [6, 6.07) is 12.3. The van der Waals surface area contributed by atoms with Crippen LogP contribution in [-0.2, 0) is 0 Å². The number of carbonyl (C=O) groups excluding carboxylic acids is 1. The molecule has 4 aromatic rings. The van der Waals surface area contributed by atoms with Crippen molar-refractivity contribution in [3.8, 4) is 17.5 Å². The maximum atomic E-state index is 12.7. The molecule has 1 amide bonds. The van der Waals surface area contributed by atoms with E-state index in [1.807, 2.05) is 0 Å². The fourth-order valence-electron chi connectivity index (χ4n) is 2.62. The number of nitriles is 1.